The minimum absolute atomic E-state index is 0.290. The van der Waals surface area contributed by atoms with Crippen molar-refractivity contribution in [2.24, 2.45) is 11.7 Å². The normalized spacial score (nSPS) is 17.8. The summed E-state index contributed by atoms with van der Waals surface area (Å²) in [5.41, 5.74) is 8.07. The van der Waals surface area contributed by atoms with Crippen molar-refractivity contribution >= 4 is 5.84 Å². The van der Waals surface area contributed by atoms with Gasteiger partial charge >= 0.3 is 0 Å². The van der Waals surface area contributed by atoms with Gasteiger partial charge in [-0.15, -0.1) is 0 Å². The van der Waals surface area contributed by atoms with Gasteiger partial charge in [-0.05, 0) is 45.3 Å². The highest BCUT2D eigenvalue weighted by molar-refractivity contribution is 5.79. The maximum absolute atomic E-state index is 7.51. The van der Waals surface area contributed by atoms with Gasteiger partial charge in [-0.25, -0.2) is 0 Å². The Morgan fingerprint density at radius 2 is 2.11 bits per heavy atom. The highest BCUT2D eigenvalue weighted by Gasteiger charge is 2.22. The van der Waals surface area contributed by atoms with Crippen LogP contribution in [0.15, 0.2) is 6.07 Å². The molecule has 0 aromatic carbocycles. The topological polar surface area (TPSA) is 70.9 Å². The Bertz CT molecular complexity index is 429. The number of piperidine rings is 1. The fourth-order valence-electron chi connectivity index (χ4n) is 2.72. The summed E-state index contributed by atoms with van der Waals surface area (Å²) in [5.74, 6) is 0.644. The number of likely N-dealkylation sites (tertiary alicyclic amines) is 1. The Morgan fingerprint density at radius 1 is 1.42 bits per heavy atom. The van der Waals surface area contributed by atoms with Gasteiger partial charge in [0.1, 0.15) is 0 Å². The van der Waals surface area contributed by atoms with Crippen LogP contribution in [0.5, 0.6) is 0 Å². The summed E-state index contributed by atoms with van der Waals surface area (Å²) in [6.45, 7) is 8.23. The minimum Gasteiger partial charge on any atom is -0.387 e. The van der Waals surface area contributed by atoms with Crippen molar-refractivity contribution in [2.75, 3.05) is 13.1 Å². The molecule has 106 valence electrons. The molecule has 0 saturated carbocycles. The van der Waals surface area contributed by atoms with Gasteiger partial charge in [0.15, 0.2) is 0 Å². The minimum atomic E-state index is 0.290. The quantitative estimate of drug-likeness (QED) is 0.626. The standard InChI is InChI=1S/C14H25N5/c1-3-12-9-13(19(4-2)17-12)10-18-7-5-11(6-8-18)14(15)16/h9,11H,3-8,10H2,1-2H3,(H3,15,16). The summed E-state index contributed by atoms with van der Waals surface area (Å²) in [6, 6.07) is 2.22. The number of nitrogens with zero attached hydrogens (tertiary/aromatic N) is 3. The average Bonchev–Trinajstić information content (AvgIpc) is 2.81. The van der Waals surface area contributed by atoms with Crippen molar-refractivity contribution in [1.29, 1.82) is 5.41 Å². The van der Waals surface area contributed by atoms with Crippen molar-refractivity contribution in [1.82, 2.24) is 14.7 Å². The fraction of sp³-hybridized carbons (Fsp3) is 0.714. The third kappa shape index (κ3) is 3.35. The Kier molecular flexibility index (Phi) is 4.58. The molecule has 5 nitrogen and oxygen atoms in total. The Balaban J connectivity index is 1.95. The molecule has 1 fully saturated rings. The Labute approximate surface area is 115 Å². The number of nitrogens with two attached hydrogens (primary N) is 1. The van der Waals surface area contributed by atoms with E-state index in [1.165, 1.54) is 11.4 Å². The molecule has 1 aliphatic rings. The van der Waals surface area contributed by atoms with Crippen molar-refractivity contribution in [3.8, 4) is 0 Å². The van der Waals surface area contributed by atoms with Crippen LogP contribution in [-0.4, -0.2) is 33.6 Å². The molecule has 0 aliphatic carbocycles. The van der Waals surface area contributed by atoms with Crippen molar-refractivity contribution in [3.05, 3.63) is 17.5 Å². The third-order valence-electron chi connectivity index (χ3n) is 3.99. The molecule has 0 atom stereocenters. The first kappa shape index (κ1) is 14.1. The van der Waals surface area contributed by atoms with E-state index >= 15 is 0 Å². The van der Waals surface area contributed by atoms with Crippen LogP contribution in [0.1, 0.15) is 38.1 Å². The molecular weight excluding hydrogens is 238 g/mol. The largest absolute Gasteiger partial charge is 0.387 e. The van der Waals surface area contributed by atoms with Crippen LogP contribution >= 0.6 is 0 Å². The number of hydrogen-bond donors (Lipinski definition) is 2. The molecule has 0 amide bonds. The van der Waals surface area contributed by atoms with Gasteiger partial charge in [0.05, 0.1) is 17.2 Å². The zero-order chi connectivity index (χ0) is 13.8. The van der Waals surface area contributed by atoms with Crippen LogP contribution in [0.3, 0.4) is 0 Å². The number of aromatic nitrogens is 2. The molecule has 0 bridgehead atoms. The van der Waals surface area contributed by atoms with E-state index in [1.54, 1.807) is 0 Å². The smallest absolute Gasteiger partial charge is 0.0937 e. The molecule has 0 unspecified atom stereocenters. The maximum Gasteiger partial charge on any atom is 0.0937 e. The SMILES string of the molecule is CCc1cc(CN2CCC(C(=N)N)CC2)n(CC)n1. The first-order valence-electron chi connectivity index (χ1n) is 7.25. The summed E-state index contributed by atoms with van der Waals surface area (Å²) < 4.78 is 2.11. The van der Waals surface area contributed by atoms with Crippen LogP contribution in [0.4, 0.5) is 0 Å². The van der Waals surface area contributed by atoms with Crippen LogP contribution in [0.2, 0.25) is 0 Å². The molecule has 1 aromatic heterocycles. The van der Waals surface area contributed by atoms with E-state index in [2.05, 4.69) is 34.6 Å². The van der Waals surface area contributed by atoms with E-state index < -0.39 is 0 Å². The lowest BCUT2D eigenvalue weighted by Gasteiger charge is -2.31. The number of nitrogens with one attached hydrogen (secondary N) is 1. The average molecular weight is 263 g/mol. The third-order valence-corrected chi connectivity index (χ3v) is 3.99. The molecule has 0 radical (unpaired) electrons. The molecule has 19 heavy (non-hydrogen) atoms. The molecular formula is C14H25N5. The second-order valence-corrected chi connectivity index (χ2v) is 5.30. The van der Waals surface area contributed by atoms with Gasteiger partial charge in [0.25, 0.3) is 0 Å². The first-order chi connectivity index (χ1) is 9.13. The summed E-state index contributed by atoms with van der Waals surface area (Å²) in [5, 5.41) is 12.1. The van der Waals surface area contributed by atoms with Crippen LogP contribution in [0.25, 0.3) is 0 Å². The van der Waals surface area contributed by atoms with E-state index in [-0.39, 0.29) is 0 Å². The lowest BCUT2D eigenvalue weighted by atomic mass is 9.96. The predicted molar refractivity (Wildman–Crippen MR) is 77.2 cm³/mol. The zero-order valence-corrected chi connectivity index (χ0v) is 12.0. The number of amidine groups is 1. The lowest BCUT2D eigenvalue weighted by molar-refractivity contribution is 0.196. The van der Waals surface area contributed by atoms with Gasteiger partial charge in [-0.1, -0.05) is 6.92 Å². The van der Waals surface area contributed by atoms with Gasteiger partial charge in [-0.3, -0.25) is 15.0 Å². The molecule has 2 heterocycles. The molecule has 1 saturated heterocycles. The molecule has 1 aliphatic heterocycles. The number of rotatable bonds is 5. The van der Waals surface area contributed by atoms with Gasteiger partial charge in [0, 0.05) is 19.0 Å². The van der Waals surface area contributed by atoms with E-state index in [4.69, 9.17) is 11.1 Å². The Hall–Kier alpha value is -1.36. The van der Waals surface area contributed by atoms with Gasteiger partial charge in [-0.2, -0.15) is 5.10 Å². The van der Waals surface area contributed by atoms with Gasteiger partial charge in [0.2, 0.25) is 0 Å². The van der Waals surface area contributed by atoms with E-state index in [9.17, 15) is 0 Å². The van der Waals surface area contributed by atoms with Crippen molar-refractivity contribution in [2.45, 2.75) is 46.2 Å². The van der Waals surface area contributed by atoms with Crippen LogP contribution in [-0.2, 0) is 19.5 Å². The molecule has 1 aromatic rings. The fourth-order valence-corrected chi connectivity index (χ4v) is 2.72. The maximum atomic E-state index is 7.51. The number of hydrogen-bond acceptors (Lipinski definition) is 3. The van der Waals surface area contributed by atoms with Gasteiger partial charge < -0.3 is 5.73 Å². The van der Waals surface area contributed by atoms with Crippen molar-refractivity contribution < 1.29 is 0 Å². The molecule has 3 N–H and O–H groups in total. The first-order valence-corrected chi connectivity index (χ1v) is 7.25. The van der Waals surface area contributed by atoms with E-state index in [1.807, 2.05) is 0 Å². The summed E-state index contributed by atoms with van der Waals surface area (Å²) in [4.78, 5) is 2.45. The van der Waals surface area contributed by atoms with E-state index in [0.717, 1.165) is 45.4 Å². The lowest BCUT2D eigenvalue weighted by Crippen LogP contribution is -2.38. The summed E-state index contributed by atoms with van der Waals surface area (Å²) in [6.07, 6.45) is 3.01. The second-order valence-electron chi connectivity index (χ2n) is 5.30. The van der Waals surface area contributed by atoms with E-state index in [0.29, 0.717) is 11.8 Å². The second kappa shape index (κ2) is 6.19. The monoisotopic (exact) mass is 263 g/mol. The highest BCUT2D eigenvalue weighted by atomic mass is 15.3. The molecule has 0 spiro atoms. The van der Waals surface area contributed by atoms with Crippen LogP contribution in [0, 0.1) is 11.3 Å². The highest BCUT2D eigenvalue weighted by Crippen LogP contribution is 2.19. The predicted octanol–water partition coefficient (Wildman–Crippen LogP) is 1.61. The zero-order valence-electron chi connectivity index (χ0n) is 12.0. The van der Waals surface area contributed by atoms with Crippen LogP contribution < -0.4 is 5.73 Å². The molecule has 2 rings (SSSR count). The Morgan fingerprint density at radius 3 is 2.63 bits per heavy atom. The molecule has 5 heteroatoms. The number of aryl methyl sites for hydroxylation is 2. The van der Waals surface area contributed by atoms with Crippen molar-refractivity contribution in [3.63, 3.8) is 0 Å². The summed E-state index contributed by atoms with van der Waals surface area (Å²) >= 11 is 0. The summed E-state index contributed by atoms with van der Waals surface area (Å²) in [7, 11) is 0.